The van der Waals surface area contributed by atoms with Gasteiger partial charge in [0, 0.05) is 18.3 Å². The van der Waals surface area contributed by atoms with Crippen LogP contribution in [0.5, 0.6) is 5.75 Å². The van der Waals surface area contributed by atoms with Gasteiger partial charge in [0.1, 0.15) is 5.75 Å². The first-order chi connectivity index (χ1) is 7.78. The summed E-state index contributed by atoms with van der Waals surface area (Å²) in [5, 5.41) is 0. The van der Waals surface area contributed by atoms with Gasteiger partial charge < -0.3 is 4.74 Å². The molecule has 1 nitrogen and oxygen atoms in total. The number of benzene rings is 1. The topological polar surface area (TPSA) is 9.23 Å². The maximum absolute atomic E-state index is 13.3. The van der Waals surface area contributed by atoms with E-state index in [1.807, 2.05) is 26.8 Å². The van der Waals surface area contributed by atoms with E-state index >= 15 is 0 Å². The highest BCUT2D eigenvalue weighted by Gasteiger charge is 2.17. The van der Waals surface area contributed by atoms with Crippen molar-refractivity contribution in [3.8, 4) is 5.75 Å². The monoisotopic (exact) mass is 302 g/mol. The normalized spacial score (nSPS) is 10.3. The van der Waals surface area contributed by atoms with Crippen molar-refractivity contribution in [2.45, 2.75) is 40.5 Å². The molecule has 0 saturated carbocycles. The Morgan fingerprint density at radius 3 is 2.24 bits per heavy atom. The molecule has 0 aliphatic carbocycles. The highest BCUT2D eigenvalue weighted by molar-refractivity contribution is 9.10. The summed E-state index contributed by atoms with van der Waals surface area (Å²) in [6.45, 7) is 12.5. The lowest BCUT2D eigenvalue weighted by Gasteiger charge is -2.18. The molecule has 0 aliphatic heterocycles. The van der Waals surface area contributed by atoms with Crippen LogP contribution in [0.1, 0.15) is 40.2 Å². The summed E-state index contributed by atoms with van der Waals surface area (Å²) in [7, 11) is 0. The summed E-state index contributed by atoms with van der Waals surface area (Å²) in [5.74, 6) is -1.18. The van der Waals surface area contributed by atoms with E-state index in [0.717, 1.165) is 15.6 Å². The van der Waals surface area contributed by atoms with Gasteiger partial charge in [-0.15, -0.1) is 0 Å². The highest BCUT2D eigenvalue weighted by Crippen LogP contribution is 2.27. The average Bonchev–Trinajstić information content (AvgIpc) is 2.17. The van der Waals surface area contributed by atoms with Crippen LogP contribution in [0, 0.1) is 0 Å². The second-order valence-corrected chi connectivity index (χ2v) is 4.84. The van der Waals surface area contributed by atoms with Crippen LogP contribution in [0.3, 0.4) is 0 Å². The Morgan fingerprint density at radius 1 is 1.29 bits per heavy atom. The fourth-order valence-electron chi connectivity index (χ4n) is 1.15. The average molecular weight is 303 g/mol. The third-order valence-corrected chi connectivity index (χ3v) is 2.18. The van der Waals surface area contributed by atoms with Crippen LogP contribution >= 0.6 is 15.9 Å². The summed E-state index contributed by atoms with van der Waals surface area (Å²) < 4.78 is 19.3. The van der Waals surface area contributed by atoms with Crippen molar-refractivity contribution in [1.29, 1.82) is 0 Å². The molecule has 1 aromatic carbocycles. The Morgan fingerprint density at radius 2 is 1.82 bits per heavy atom. The van der Waals surface area contributed by atoms with Gasteiger partial charge in [-0.25, -0.2) is 0 Å². The van der Waals surface area contributed by atoms with E-state index in [9.17, 15) is 4.39 Å². The molecule has 0 aromatic heterocycles. The molecule has 96 valence electrons. The zero-order valence-electron chi connectivity index (χ0n) is 11.1. The largest absolute Gasteiger partial charge is 0.458 e. The minimum atomic E-state index is -1.67. The molecule has 0 fully saturated rings. The lowest BCUT2D eigenvalue weighted by atomic mass is 10.1. The predicted molar refractivity (Wildman–Crippen MR) is 76.0 cm³/mol. The van der Waals surface area contributed by atoms with E-state index in [1.54, 1.807) is 12.1 Å². The Hall–Kier alpha value is -0.830. The van der Waals surface area contributed by atoms with Crippen molar-refractivity contribution in [2.75, 3.05) is 0 Å². The Balaban J connectivity index is 0.00000121. The van der Waals surface area contributed by atoms with Crippen molar-refractivity contribution in [3.63, 3.8) is 0 Å². The maximum atomic E-state index is 13.3. The van der Waals surface area contributed by atoms with Crippen molar-refractivity contribution in [1.82, 2.24) is 0 Å². The Bertz CT molecular complexity index is 380. The van der Waals surface area contributed by atoms with Gasteiger partial charge in [-0.3, -0.25) is 0 Å². The lowest BCUT2D eigenvalue weighted by molar-refractivity contribution is -0.0257. The van der Waals surface area contributed by atoms with Crippen LogP contribution in [0.15, 0.2) is 29.3 Å². The fourth-order valence-corrected chi connectivity index (χ4v) is 1.62. The summed E-state index contributed by atoms with van der Waals surface area (Å²) >= 11 is 3.35. The number of rotatable bonds is 3. The van der Waals surface area contributed by atoms with Gasteiger partial charge >= 0.3 is 0 Å². The van der Waals surface area contributed by atoms with Gasteiger partial charge in [-0.05, 0) is 30.7 Å². The fraction of sp³-hybridized carbons (Fsp3) is 0.429. The molecular formula is C14H20BrFO. The van der Waals surface area contributed by atoms with E-state index < -0.39 is 5.85 Å². The molecule has 0 spiro atoms. The molecule has 0 saturated heterocycles. The third kappa shape index (κ3) is 6.47. The van der Waals surface area contributed by atoms with Crippen LogP contribution in [0.25, 0.3) is 5.57 Å². The van der Waals surface area contributed by atoms with Crippen molar-refractivity contribution in [2.24, 2.45) is 0 Å². The number of hydrogen-bond donors (Lipinski definition) is 0. The van der Waals surface area contributed by atoms with Gasteiger partial charge in [0.05, 0.1) is 0 Å². The van der Waals surface area contributed by atoms with Gasteiger partial charge in [-0.1, -0.05) is 41.9 Å². The molecule has 0 bridgehead atoms. The molecule has 0 atom stereocenters. The van der Waals surface area contributed by atoms with Gasteiger partial charge in [0.25, 0.3) is 0 Å². The Kier molecular flexibility index (Phi) is 6.46. The summed E-state index contributed by atoms with van der Waals surface area (Å²) in [6.07, 6.45) is 0. The molecule has 1 aromatic rings. The molecular weight excluding hydrogens is 283 g/mol. The van der Waals surface area contributed by atoms with Crippen LogP contribution in [0.2, 0.25) is 0 Å². The molecule has 0 radical (unpaired) electrons. The molecule has 17 heavy (non-hydrogen) atoms. The Labute approximate surface area is 112 Å². The molecule has 1 rings (SSSR count). The summed E-state index contributed by atoms with van der Waals surface area (Å²) in [5.41, 5.74) is 1.85. The zero-order valence-corrected chi connectivity index (χ0v) is 12.7. The minimum absolute atomic E-state index is 0.495. The molecule has 3 heteroatoms. The SMILES string of the molecule is C=C(C)c1cc(Br)cc(OC(C)(C)F)c1.CC. The first-order valence-electron chi connectivity index (χ1n) is 5.62. The first-order valence-corrected chi connectivity index (χ1v) is 6.41. The van der Waals surface area contributed by atoms with Gasteiger partial charge in [0.2, 0.25) is 5.85 Å². The summed E-state index contributed by atoms with van der Waals surface area (Å²) in [6, 6.07) is 5.42. The van der Waals surface area contributed by atoms with Gasteiger partial charge in [-0.2, -0.15) is 4.39 Å². The van der Waals surface area contributed by atoms with Crippen LogP contribution in [0.4, 0.5) is 4.39 Å². The maximum Gasteiger partial charge on any atom is 0.242 e. The van der Waals surface area contributed by atoms with E-state index in [-0.39, 0.29) is 0 Å². The zero-order chi connectivity index (χ0) is 13.6. The minimum Gasteiger partial charge on any atom is -0.458 e. The van der Waals surface area contributed by atoms with Crippen LogP contribution < -0.4 is 4.74 Å². The third-order valence-electron chi connectivity index (χ3n) is 1.72. The quantitative estimate of drug-likeness (QED) is 0.707. The molecule has 0 unspecified atom stereocenters. The van der Waals surface area contributed by atoms with Crippen LogP contribution in [-0.2, 0) is 0 Å². The van der Waals surface area contributed by atoms with E-state index in [2.05, 4.69) is 22.5 Å². The van der Waals surface area contributed by atoms with Gasteiger partial charge in [0.15, 0.2) is 0 Å². The number of hydrogen-bond acceptors (Lipinski definition) is 1. The molecule has 0 aliphatic rings. The van der Waals surface area contributed by atoms with Crippen LogP contribution in [-0.4, -0.2) is 5.85 Å². The standard InChI is InChI=1S/C12H14BrFO.C2H6/c1-8(2)9-5-10(13)7-11(6-9)15-12(3,4)14;1-2/h5-7H,1H2,2-4H3;1-2H3. The van der Waals surface area contributed by atoms with Crippen molar-refractivity contribution >= 4 is 21.5 Å². The summed E-state index contributed by atoms with van der Waals surface area (Å²) in [4.78, 5) is 0. The molecule has 0 amide bonds. The molecule has 0 heterocycles. The predicted octanol–water partition coefficient (Wildman–Crippen LogP) is 5.59. The molecule has 0 N–H and O–H groups in total. The van der Waals surface area contributed by atoms with E-state index in [4.69, 9.17) is 4.74 Å². The number of ether oxygens (including phenoxy) is 1. The second kappa shape index (κ2) is 6.80. The van der Waals surface area contributed by atoms with E-state index in [1.165, 1.54) is 13.8 Å². The highest BCUT2D eigenvalue weighted by atomic mass is 79.9. The number of halogens is 2. The first kappa shape index (κ1) is 16.2. The smallest absolute Gasteiger partial charge is 0.242 e. The number of allylic oxidation sites excluding steroid dienone is 1. The second-order valence-electron chi connectivity index (χ2n) is 3.92. The number of alkyl halides is 1. The van der Waals surface area contributed by atoms with E-state index in [0.29, 0.717) is 5.75 Å². The van der Waals surface area contributed by atoms with Crippen molar-refractivity contribution in [3.05, 3.63) is 34.8 Å². The lowest BCUT2D eigenvalue weighted by Crippen LogP contribution is -2.21. The van der Waals surface area contributed by atoms with Crippen molar-refractivity contribution < 1.29 is 9.13 Å².